The standard InChI is InChI=1S/C12H22N2O5S/c1-2-9-20(18,19)14-8-4-3-5-10(14)12(17)13-7-6-11(15)16/h10H,2-9H2,1H3,(H,13,17)(H,15,16). The third-order valence-electron chi connectivity index (χ3n) is 3.21. The molecule has 0 saturated carbocycles. The zero-order valence-electron chi connectivity index (χ0n) is 11.7. The van der Waals surface area contributed by atoms with Crippen LogP contribution in [0, 0.1) is 0 Å². The van der Waals surface area contributed by atoms with Gasteiger partial charge in [-0.25, -0.2) is 8.42 Å². The summed E-state index contributed by atoms with van der Waals surface area (Å²) in [6.45, 7) is 2.16. The molecule has 7 nitrogen and oxygen atoms in total. The van der Waals surface area contributed by atoms with Gasteiger partial charge < -0.3 is 10.4 Å². The van der Waals surface area contributed by atoms with E-state index >= 15 is 0 Å². The maximum absolute atomic E-state index is 12.1. The van der Waals surface area contributed by atoms with Crippen molar-refractivity contribution in [3.8, 4) is 0 Å². The van der Waals surface area contributed by atoms with Gasteiger partial charge in [0.2, 0.25) is 15.9 Å². The van der Waals surface area contributed by atoms with E-state index in [1.807, 2.05) is 0 Å². The minimum absolute atomic E-state index is 0.0202. The highest BCUT2D eigenvalue weighted by Gasteiger charge is 2.35. The molecule has 20 heavy (non-hydrogen) atoms. The molecule has 0 aromatic rings. The Bertz CT molecular complexity index is 449. The number of carboxylic acids is 1. The molecule has 1 fully saturated rings. The predicted molar refractivity (Wildman–Crippen MR) is 73.7 cm³/mol. The van der Waals surface area contributed by atoms with Gasteiger partial charge in [-0.15, -0.1) is 0 Å². The summed E-state index contributed by atoms with van der Waals surface area (Å²) in [5.41, 5.74) is 0. The van der Waals surface area contributed by atoms with Gasteiger partial charge >= 0.3 is 5.97 Å². The van der Waals surface area contributed by atoms with Crippen molar-refractivity contribution < 1.29 is 23.1 Å². The van der Waals surface area contributed by atoms with Crippen LogP contribution in [0.25, 0.3) is 0 Å². The lowest BCUT2D eigenvalue weighted by Gasteiger charge is -2.33. The van der Waals surface area contributed by atoms with Crippen molar-refractivity contribution >= 4 is 21.9 Å². The summed E-state index contributed by atoms with van der Waals surface area (Å²) in [5, 5.41) is 11.0. The van der Waals surface area contributed by atoms with Crippen molar-refractivity contribution in [2.24, 2.45) is 0 Å². The highest BCUT2D eigenvalue weighted by atomic mass is 32.2. The Morgan fingerprint density at radius 3 is 2.65 bits per heavy atom. The quantitative estimate of drug-likeness (QED) is 0.698. The zero-order valence-corrected chi connectivity index (χ0v) is 12.5. The van der Waals surface area contributed by atoms with Crippen LogP contribution in [0.3, 0.4) is 0 Å². The number of amides is 1. The first kappa shape index (κ1) is 16.9. The van der Waals surface area contributed by atoms with Crippen molar-refractivity contribution in [1.82, 2.24) is 9.62 Å². The molecule has 0 aliphatic carbocycles. The number of hydrogen-bond donors (Lipinski definition) is 2. The molecular formula is C12H22N2O5S. The van der Waals surface area contributed by atoms with Crippen LogP contribution in [0.5, 0.6) is 0 Å². The fraction of sp³-hybridized carbons (Fsp3) is 0.833. The number of piperidine rings is 1. The molecule has 0 radical (unpaired) electrons. The Morgan fingerprint density at radius 1 is 1.35 bits per heavy atom. The van der Waals surface area contributed by atoms with Crippen LogP contribution in [0.4, 0.5) is 0 Å². The average molecular weight is 306 g/mol. The summed E-state index contributed by atoms with van der Waals surface area (Å²) >= 11 is 0. The van der Waals surface area contributed by atoms with Gasteiger partial charge in [-0.05, 0) is 19.3 Å². The third-order valence-corrected chi connectivity index (χ3v) is 5.29. The first-order valence-electron chi connectivity index (χ1n) is 6.87. The van der Waals surface area contributed by atoms with Gasteiger partial charge in [0, 0.05) is 13.1 Å². The Balaban J connectivity index is 2.68. The second-order valence-corrected chi connectivity index (χ2v) is 6.91. The Labute approximate surface area is 119 Å². The van der Waals surface area contributed by atoms with Gasteiger partial charge in [0.15, 0.2) is 0 Å². The number of nitrogens with zero attached hydrogens (tertiary/aromatic N) is 1. The van der Waals surface area contributed by atoms with Gasteiger partial charge in [0.05, 0.1) is 12.2 Å². The highest BCUT2D eigenvalue weighted by Crippen LogP contribution is 2.21. The van der Waals surface area contributed by atoms with Crippen molar-refractivity contribution in [1.29, 1.82) is 0 Å². The van der Waals surface area contributed by atoms with E-state index in [9.17, 15) is 18.0 Å². The molecule has 1 aliphatic rings. The minimum Gasteiger partial charge on any atom is -0.481 e. The summed E-state index contributed by atoms with van der Waals surface area (Å²) < 4.78 is 25.5. The van der Waals surface area contributed by atoms with E-state index in [4.69, 9.17) is 5.11 Å². The summed E-state index contributed by atoms with van der Waals surface area (Å²) in [4.78, 5) is 22.4. The Kier molecular flexibility index (Phi) is 6.41. The van der Waals surface area contributed by atoms with Crippen LogP contribution in [-0.4, -0.2) is 54.6 Å². The molecule has 1 rings (SSSR count). The van der Waals surface area contributed by atoms with Gasteiger partial charge in [-0.1, -0.05) is 13.3 Å². The number of carbonyl (C=O) groups excluding carboxylic acids is 1. The van der Waals surface area contributed by atoms with Crippen molar-refractivity contribution in [3.63, 3.8) is 0 Å². The molecule has 1 saturated heterocycles. The number of aliphatic carboxylic acids is 1. The van der Waals surface area contributed by atoms with Crippen LogP contribution < -0.4 is 5.32 Å². The number of nitrogens with one attached hydrogen (secondary N) is 1. The molecule has 0 aromatic carbocycles. The van der Waals surface area contributed by atoms with Crippen LogP contribution >= 0.6 is 0 Å². The number of rotatable bonds is 7. The highest BCUT2D eigenvalue weighted by molar-refractivity contribution is 7.89. The largest absolute Gasteiger partial charge is 0.481 e. The lowest BCUT2D eigenvalue weighted by Crippen LogP contribution is -2.52. The van der Waals surface area contributed by atoms with E-state index in [1.165, 1.54) is 4.31 Å². The molecule has 0 aromatic heterocycles. The smallest absolute Gasteiger partial charge is 0.305 e. The minimum atomic E-state index is -3.41. The van der Waals surface area contributed by atoms with Gasteiger partial charge in [0.1, 0.15) is 6.04 Å². The normalized spacial score (nSPS) is 20.6. The lowest BCUT2D eigenvalue weighted by atomic mass is 10.0. The summed E-state index contributed by atoms with van der Waals surface area (Å²) in [5.74, 6) is -1.36. The van der Waals surface area contributed by atoms with Gasteiger partial charge in [-0.2, -0.15) is 4.31 Å². The molecule has 1 atom stereocenters. The lowest BCUT2D eigenvalue weighted by molar-refractivity contribution is -0.137. The van der Waals surface area contributed by atoms with Crippen LogP contribution in [0.15, 0.2) is 0 Å². The number of carbonyl (C=O) groups is 2. The zero-order chi connectivity index (χ0) is 15.2. The van der Waals surface area contributed by atoms with Crippen molar-refractivity contribution in [2.75, 3.05) is 18.8 Å². The predicted octanol–water partition coefficient (Wildman–Crippen LogP) is 0.172. The summed E-state index contributed by atoms with van der Waals surface area (Å²) in [6.07, 6.45) is 2.38. The second-order valence-electron chi connectivity index (χ2n) is 4.87. The van der Waals surface area contributed by atoms with E-state index in [2.05, 4.69) is 5.32 Å². The van der Waals surface area contributed by atoms with E-state index in [-0.39, 0.29) is 18.7 Å². The van der Waals surface area contributed by atoms with E-state index in [0.717, 1.165) is 12.8 Å². The molecule has 1 unspecified atom stereocenters. The van der Waals surface area contributed by atoms with Crippen LogP contribution in [0.2, 0.25) is 0 Å². The number of carboxylic acid groups (broad SMARTS) is 1. The SMILES string of the molecule is CCCS(=O)(=O)N1CCCCC1C(=O)NCCC(=O)O. The van der Waals surface area contributed by atoms with E-state index in [0.29, 0.717) is 19.4 Å². The number of hydrogen-bond acceptors (Lipinski definition) is 4. The summed E-state index contributed by atoms with van der Waals surface area (Å²) in [6, 6.07) is -0.700. The molecule has 116 valence electrons. The monoisotopic (exact) mass is 306 g/mol. The maximum atomic E-state index is 12.1. The fourth-order valence-electron chi connectivity index (χ4n) is 2.29. The number of sulfonamides is 1. The van der Waals surface area contributed by atoms with Crippen molar-refractivity contribution in [3.05, 3.63) is 0 Å². The molecule has 1 amide bonds. The molecule has 1 aliphatic heterocycles. The van der Waals surface area contributed by atoms with E-state index < -0.39 is 27.9 Å². The van der Waals surface area contributed by atoms with Crippen molar-refractivity contribution in [2.45, 2.75) is 45.1 Å². The Hall–Kier alpha value is -1.15. The summed E-state index contributed by atoms with van der Waals surface area (Å²) in [7, 11) is -3.41. The van der Waals surface area contributed by atoms with Crippen LogP contribution in [0.1, 0.15) is 39.0 Å². The third kappa shape index (κ3) is 4.75. The molecule has 2 N–H and O–H groups in total. The van der Waals surface area contributed by atoms with Gasteiger partial charge in [0.25, 0.3) is 0 Å². The first-order valence-corrected chi connectivity index (χ1v) is 8.48. The fourth-order valence-corrected chi connectivity index (χ4v) is 4.03. The topological polar surface area (TPSA) is 104 Å². The molecule has 0 spiro atoms. The molecule has 8 heteroatoms. The first-order chi connectivity index (χ1) is 9.38. The second kappa shape index (κ2) is 7.58. The molecular weight excluding hydrogens is 284 g/mol. The molecule has 0 bridgehead atoms. The Morgan fingerprint density at radius 2 is 2.05 bits per heavy atom. The van der Waals surface area contributed by atoms with Crippen LogP contribution in [-0.2, 0) is 19.6 Å². The van der Waals surface area contributed by atoms with E-state index in [1.54, 1.807) is 6.92 Å². The average Bonchev–Trinajstić information content (AvgIpc) is 2.38. The molecule has 1 heterocycles. The maximum Gasteiger partial charge on any atom is 0.305 e. The van der Waals surface area contributed by atoms with Gasteiger partial charge in [-0.3, -0.25) is 9.59 Å².